The molecular formula is C22H28N2O4S2. The summed E-state index contributed by atoms with van der Waals surface area (Å²) in [5, 5.41) is 0. The summed E-state index contributed by atoms with van der Waals surface area (Å²) in [7, 11) is 3.17. The molecule has 0 bridgehead atoms. The molecule has 2 heterocycles. The van der Waals surface area contributed by atoms with Gasteiger partial charge in [-0.05, 0) is 49.5 Å². The van der Waals surface area contributed by atoms with Crippen LogP contribution in [0.2, 0.25) is 0 Å². The molecule has 0 N–H and O–H groups in total. The molecule has 1 aromatic rings. The highest BCUT2D eigenvalue weighted by Gasteiger charge is 2.31. The van der Waals surface area contributed by atoms with E-state index in [0.29, 0.717) is 33.7 Å². The highest BCUT2D eigenvalue weighted by molar-refractivity contribution is 8.26. The fourth-order valence-corrected chi connectivity index (χ4v) is 4.94. The predicted octanol–water partition coefficient (Wildman–Crippen LogP) is 4.09. The Morgan fingerprint density at radius 2 is 1.87 bits per heavy atom. The topological polar surface area (TPSA) is 59.1 Å². The zero-order valence-corrected chi connectivity index (χ0v) is 19.2. The molecule has 3 rings (SSSR count). The number of hydrogen-bond acceptors (Lipinski definition) is 6. The summed E-state index contributed by atoms with van der Waals surface area (Å²) in [4.78, 5) is 29.1. The van der Waals surface area contributed by atoms with Gasteiger partial charge in [0.05, 0.1) is 19.1 Å². The van der Waals surface area contributed by atoms with Gasteiger partial charge in [-0.15, -0.1) is 0 Å². The number of thioether (sulfide) groups is 1. The Morgan fingerprint density at radius 3 is 2.57 bits per heavy atom. The zero-order chi connectivity index (χ0) is 21.5. The number of thiocarbonyl (C=S) groups is 1. The normalized spacial score (nSPS) is 17.9. The van der Waals surface area contributed by atoms with Crippen molar-refractivity contribution >= 4 is 46.2 Å². The lowest BCUT2D eigenvalue weighted by Crippen LogP contribution is -2.29. The van der Waals surface area contributed by atoms with Crippen molar-refractivity contribution < 1.29 is 19.1 Å². The largest absolute Gasteiger partial charge is 0.493 e. The SMILES string of the molecule is COc1ccc(/C=C2\SC(=S)N(CCCCCC(=O)N3CCCC3)C2=O)cc1OC. The van der Waals surface area contributed by atoms with Crippen molar-refractivity contribution in [1.82, 2.24) is 9.80 Å². The monoisotopic (exact) mass is 448 g/mol. The molecule has 30 heavy (non-hydrogen) atoms. The first-order valence-corrected chi connectivity index (χ1v) is 11.5. The van der Waals surface area contributed by atoms with Crippen LogP contribution in [0.15, 0.2) is 23.1 Å². The molecule has 162 valence electrons. The maximum atomic E-state index is 12.8. The number of benzene rings is 1. The van der Waals surface area contributed by atoms with E-state index in [4.69, 9.17) is 21.7 Å². The van der Waals surface area contributed by atoms with Crippen molar-refractivity contribution in [3.63, 3.8) is 0 Å². The number of hydrogen-bond donors (Lipinski definition) is 0. The quantitative estimate of drug-likeness (QED) is 0.322. The number of likely N-dealkylation sites (tertiary alicyclic amines) is 1. The van der Waals surface area contributed by atoms with E-state index in [1.54, 1.807) is 19.1 Å². The summed E-state index contributed by atoms with van der Waals surface area (Å²) >= 11 is 6.73. The van der Waals surface area contributed by atoms with Gasteiger partial charge >= 0.3 is 0 Å². The standard InChI is InChI=1S/C22H28N2O4S2/c1-27-17-10-9-16(14-18(17)28-2)15-19-21(26)24(22(29)30-19)13-5-3-4-8-20(25)23-11-6-7-12-23/h9-10,14-15H,3-8,11-13H2,1-2H3/b19-15-. The average Bonchev–Trinajstić information content (AvgIpc) is 3.37. The summed E-state index contributed by atoms with van der Waals surface area (Å²) in [6, 6.07) is 5.53. The molecule has 0 aliphatic carbocycles. The number of nitrogens with zero attached hydrogens (tertiary/aromatic N) is 2. The molecule has 6 nitrogen and oxygen atoms in total. The van der Waals surface area contributed by atoms with Gasteiger partial charge in [-0.25, -0.2) is 0 Å². The number of rotatable bonds is 9. The Morgan fingerprint density at radius 1 is 1.13 bits per heavy atom. The third kappa shape index (κ3) is 5.55. The van der Waals surface area contributed by atoms with Crippen LogP contribution in [0.1, 0.15) is 44.1 Å². The van der Waals surface area contributed by atoms with Crippen molar-refractivity contribution in [2.24, 2.45) is 0 Å². The van der Waals surface area contributed by atoms with Crippen LogP contribution in [-0.2, 0) is 9.59 Å². The van der Waals surface area contributed by atoms with Gasteiger partial charge in [0.15, 0.2) is 11.5 Å². The molecular weight excluding hydrogens is 420 g/mol. The van der Waals surface area contributed by atoms with E-state index in [0.717, 1.165) is 50.8 Å². The highest BCUT2D eigenvalue weighted by Crippen LogP contribution is 2.34. The second-order valence-electron chi connectivity index (χ2n) is 7.35. The number of amides is 2. The van der Waals surface area contributed by atoms with Crippen molar-refractivity contribution in [2.75, 3.05) is 33.9 Å². The summed E-state index contributed by atoms with van der Waals surface area (Å²) in [6.07, 6.45) is 7.27. The Bertz CT molecular complexity index is 834. The highest BCUT2D eigenvalue weighted by atomic mass is 32.2. The van der Waals surface area contributed by atoms with Gasteiger partial charge in [-0.1, -0.05) is 36.5 Å². The summed E-state index contributed by atoms with van der Waals surface area (Å²) in [5.74, 6) is 1.46. The van der Waals surface area contributed by atoms with Gasteiger partial charge in [0.25, 0.3) is 5.91 Å². The first kappa shape index (κ1) is 22.6. The third-order valence-corrected chi connectivity index (χ3v) is 6.69. The Balaban J connectivity index is 1.49. The molecule has 2 aliphatic heterocycles. The lowest BCUT2D eigenvalue weighted by molar-refractivity contribution is -0.130. The van der Waals surface area contributed by atoms with E-state index in [1.807, 2.05) is 29.2 Å². The molecule has 8 heteroatoms. The van der Waals surface area contributed by atoms with E-state index >= 15 is 0 Å². The van der Waals surface area contributed by atoms with Crippen LogP contribution >= 0.6 is 24.0 Å². The van der Waals surface area contributed by atoms with Gasteiger partial charge in [0.2, 0.25) is 5.91 Å². The first-order valence-electron chi connectivity index (χ1n) is 10.3. The van der Waals surface area contributed by atoms with E-state index < -0.39 is 0 Å². The molecule has 1 aromatic carbocycles. The van der Waals surface area contributed by atoms with Gasteiger partial charge in [-0.2, -0.15) is 0 Å². The van der Waals surface area contributed by atoms with Crippen LogP contribution in [0.5, 0.6) is 11.5 Å². The average molecular weight is 449 g/mol. The number of methoxy groups -OCH3 is 2. The summed E-state index contributed by atoms with van der Waals surface area (Å²) < 4.78 is 11.2. The molecule has 2 fully saturated rings. The molecule has 2 saturated heterocycles. The predicted molar refractivity (Wildman–Crippen MR) is 124 cm³/mol. The van der Waals surface area contributed by atoms with E-state index in [9.17, 15) is 9.59 Å². The fraction of sp³-hybridized carbons (Fsp3) is 0.500. The Kier molecular flexibility index (Phi) is 8.16. The van der Waals surface area contributed by atoms with E-state index in [-0.39, 0.29) is 11.8 Å². The van der Waals surface area contributed by atoms with Crippen LogP contribution in [0, 0.1) is 0 Å². The summed E-state index contributed by atoms with van der Waals surface area (Å²) in [5.41, 5.74) is 0.855. The molecule has 0 aromatic heterocycles. The molecule has 0 spiro atoms. The molecule has 0 radical (unpaired) electrons. The Hall–Kier alpha value is -2.06. The summed E-state index contributed by atoms with van der Waals surface area (Å²) in [6.45, 7) is 2.40. The van der Waals surface area contributed by atoms with Gasteiger partial charge in [-0.3, -0.25) is 14.5 Å². The van der Waals surface area contributed by atoms with Crippen molar-refractivity contribution in [1.29, 1.82) is 0 Å². The molecule has 2 amide bonds. The second-order valence-corrected chi connectivity index (χ2v) is 9.02. The van der Waals surface area contributed by atoms with Crippen LogP contribution in [0.3, 0.4) is 0 Å². The van der Waals surface area contributed by atoms with Crippen molar-refractivity contribution in [2.45, 2.75) is 38.5 Å². The lowest BCUT2D eigenvalue weighted by atomic mass is 10.1. The van der Waals surface area contributed by atoms with Gasteiger partial charge in [0, 0.05) is 26.1 Å². The molecule has 0 saturated carbocycles. The first-order chi connectivity index (χ1) is 14.5. The number of unbranched alkanes of at least 4 members (excludes halogenated alkanes) is 2. The zero-order valence-electron chi connectivity index (χ0n) is 17.5. The van der Waals surface area contributed by atoms with E-state index in [1.165, 1.54) is 11.8 Å². The maximum Gasteiger partial charge on any atom is 0.266 e. The van der Waals surface area contributed by atoms with Crippen LogP contribution < -0.4 is 9.47 Å². The lowest BCUT2D eigenvalue weighted by Gasteiger charge is -2.16. The third-order valence-electron chi connectivity index (χ3n) is 5.31. The van der Waals surface area contributed by atoms with Gasteiger partial charge in [0.1, 0.15) is 4.32 Å². The minimum atomic E-state index is -0.0621. The minimum absolute atomic E-state index is 0.0621. The molecule has 0 unspecified atom stereocenters. The van der Waals surface area contributed by atoms with Crippen LogP contribution in [0.25, 0.3) is 6.08 Å². The second kappa shape index (κ2) is 10.8. The Labute approximate surface area is 187 Å². The molecule has 2 aliphatic rings. The van der Waals surface area contributed by atoms with Gasteiger partial charge < -0.3 is 14.4 Å². The van der Waals surface area contributed by atoms with Crippen molar-refractivity contribution in [3.8, 4) is 11.5 Å². The van der Waals surface area contributed by atoms with Crippen molar-refractivity contribution in [3.05, 3.63) is 28.7 Å². The number of carbonyl (C=O) groups is 2. The maximum absolute atomic E-state index is 12.8. The van der Waals surface area contributed by atoms with Crippen LogP contribution in [0.4, 0.5) is 0 Å². The smallest absolute Gasteiger partial charge is 0.266 e. The minimum Gasteiger partial charge on any atom is -0.493 e. The molecule has 0 atom stereocenters. The number of carbonyl (C=O) groups excluding carboxylic acids is 2. The van der Waals surface area contributed by atoms with Crippen LogP contribution in [-0.4, -0.2) is 59.8 Å². The fourth-order valence-electron chi connectivity index (χ4n) is 3.63. The van der Waals surface area contributed by atoms with E-state index in [2.05, 4.69) is 0 Å². The number of ether oxygens (including phenoxy) is 2.